The Kier molecular flexibility index (Phi) is 5.56. The topological polar surface area (TPSA) is 79.3 Å². The third kappa shape index (κ3) is 4.62. The molecule has 1 heterocycles. The third-order valence-electron chi connectivity index (χ3n) is 5.80. The van der Waals surface area contributed by atoms with Gasteiger partial charge in [0.15, 0.2) is 0 Å². The smallest absolute Gasteiger partial charge is 0.303 e. The predicted molar refractivity (Wildman–Crippen MR) is 113 cm³/mol. The molecule has 1 aliphatic rings. The molecule has 0 aliphatic heterocycles. The summed E-state index contributed by atoms with van der Waals surface area (Å²) in [5.74, 6) is -0.104. The quantitative estimate of drug-likeness (QED) is 0.627. The van der Waals surface area contributed by atoms with Gasteiger partial charge in [0, 0.05) is 23.7 Å². The second-order valence-electron chi connectivity index (χ2n) is 7.81. The summed E-state index contributed by atoms with van der Waals surface area (Å²) in [6.07, 6.45) is 5.84. The number of carboxylic acids is 1. The maximum absolute atomic E-state index is 12.6. The number of nitrogens with zero attached hydrogens (tertiary/aromatic N) is 1. The van der Waals surface area contributed by atoms with Crippen molar-refractivity contribution in [3.63, 3.8) is 0 Å². The number of carbonyl (C=O) groups is 2. The van der Waals surface area contributed by atoms with Crippen LogP contribution in [-0.2, 0) is 4.79 Å². The van der Waals surface area contributed by atoms with Crippen molar-refractivity contribution in [1.29, 1.82) is 0 Å². The zero-order chi connectivity index (χ0) is 20.2. The minimum absolute atomic E-state index is 0.176. The number of carbonyl (C=O) groups excluding carboxylic acids is 1. The van der Waals surface area contributed by atoms with Crippen LogP contribution in [0, 0.1) is 5.92 Å². The summed E-state index contributed by atoms with van der Waals surface area (Å²) < 4.78 is 0. The molecule has 29 heavy (non-hydrogen) atoms. The van der Waals surface area contributed by atoms with Crippen LogP contribution in [-0.4, -0.2) is 22.0 Å². The molecule has 4 rings (SSSR count). The number of aliphatic carboxylic acids is 1. The first-order valence-corrected chi connectivity index (χ1v) is 10.1. The summed E-state index contributed by atoms with van der Waals surface area (Å²) in [6, 6.07) is 17.6. The molecule has 1 amide bonds. The zero-order valence-corrected chi connectivity index (χ0v) is 16.2. The first-order chi connectivity index (χ1) is 14.1. The molecule has 1 saturated carbocycles. The molecule has 5 nitrogen and oxygen atoms in total. The van der Waals surface area contributed by atoms with E-state index in [2.05, 4.69) is 22.4 Å². The Bertz CT molecular complexity index is 1020. The molecular formula is C24H24N2O3. The van der Waals surface area contributed by atoms with Crippen molar-refractivity contribution in [3.05, 3.63) is 71.9 Å². The Labute approximate surface area is 169 Å². The van der Waals surface area contributed by atoms with E-state index in [1.54, 1.807) is 6.20 Å². The van der Waals surface area contributed by atoms with Gasteiger partial charge in [-0.15, -0.1) is 0 Å². The number of carboxylic acid groups (broad SMARTS) is 1. The second-order valence-corrected chi connectivity index (χ2v) is 7.81. The molecule has 0 spiro atoms. The van der Waals surface area contributed by atoms with Crippen molar-refractivity contribution < 1.29 is 14.7 Å². The van der Waals surface area contributed by atoms with Gasteiger partial charge in [0.2, 0.25) is 0 Å². The van der Waals surface area contributed by atoms with Crippen molar-refractivity contribution in [3.8, 4) is 0 Å². The fourth-order valence-corrected chi connectivity index (χ4v) is 4.18. The largest absolute Gasteiger partial charge is 0.481 e. The van der Waals surface area contributed by atoms with Crippen LogP contribution in [0.2, 0.25) is 0 Å². The molecule has 0 atom stereocenters. The number of rotatable bonds is 5. The molecule has 3 aromatic rings. The van der Waals surface area contributed by atoms with Crippen LogP contribution in [0.4, 0.5) is 5.69 Å². The lowest BCUT2D eigenvalue weighted by atomic mass is 9.77. The van der Waals surface area contributed by atoms with Crippen LogP contribution < -0.4 is 5.32 Å². The van der Waals surface area contributed by atoms with Gasteiger partial charge in [0.25, 0.3) is 5.91 Å². The Hall–Kier alpha value is -3.21. The van der Waals surface area contributed by atoms with E-state index in [0.29, 0.717) is 17.4 Å². The summed E-state index contributed by atoms with van der Waals surface area (Å²) >= 11 is 0. The number of amides is 1. The Morgan fingerprint density at radius 3 is 2.45 bits per heavy atom. The molecule has 2 aromatic carbocycles. The highest BCUT2D eigenvalue weighted by Crippen LogP contribution is 2.37. The van der Waals surface area contributed by atoms with E-state index in [-0.39, 0.29) is 12.3 Å². The molecule has 1 fully saturated rings. The predicted octanol–water partition coefficient (Wildman–Crippen LogP) is 5.24. The SMILES string of the molecule is O=C(O)CC1CCC(c2ccc(NC(=O)c3cnc4ccccc4c3)cc2)CC1. The molecule has 0 radical (unpaired) electrons. The lowest BCUT2D eigenvalue weighted by Crippen LogP contribution is -2.16. The van der Waals surface area contributed by atoms with Crippen molar-refractivity contribution in [2.75, 3.05) is 5.32 Å². The summed E-state index contributed by atoms with van der Waals surface area (Å²) in [7, 11) is 0. The molecule has 0 saturated heterocycles. The van der Waals surface area contributed by atoms with Gasteiger partial charge in [-0.3, -0.25) is 14.6 Å². The van der Waals surface area contributed by atoms with Crippen LogP contribution in [0.15, 0.2) is 60.8 Å². The molecule has 148 valence electrons. The van der Waals surface area contributed by atoms with E-state index in [1.165, 1.54) is 5.56 Å². The summed E-state index contributed by atoms with van der Waals surface area (Å²) in [5, 5.41) is 12.8. The Balaban J connectivity index is 1.38. The first kappa shape index (κ1) is 19.1. The molecule has 1 aromatic heterocycles. The van der Waals surface area contributed by atoms with Gasteiger partial charge >= 0.3 is 5.97 Å². The molecular weight excluding hydrogens is 364 g/mol. The van der Waals surface area contributed by atoms with Crippen LogP contribution in [0.3, 0.4) is 0 Å². The van der Waals surface area contributed by atoms with E-state index in [9.17, 15) is 9.59 Å². The van der Waals surface area contributed by atoms with Crippen LogP contribution in [0.5, 0.6) is 0 Å². The lowest BCUT2D eigenvalue weighted by Gasteiger charge is -2.28. The van der Waals surface area contributed by atoms with Gasteiger partial charge in [-0.2, -0.15) is 0 Å². The van der Waals surface area contributed by atoms with Gasteiger partial charge in [-0.25, -0.2) is 0 Å². The number of hydrogen-bond acceptors (Lipinski definition) is 3. The number of hydrogen-bond donors (Lipinski definition) is 2. The molecule has 5 heteroatoms. The number of aromatic nitrogens is 1. The van der Waals surface area contributed by atoms with Crippen molar-refractivity contribution in [2.24, 2.45) is 5.92 Å². The normalized spacial score (nSPS) is 19.0. The number of anilines is 1. The summed E-state index contributed by atoms with van der Waals surface area (Å²) in [4.78, 5) is 27.8. The van der Waals surface area contributed by atoms with Crippen LogP contribution in [0.1, 0.15) is 53.9 Å². The molecule has 0 bridgehead atoms. The zero-order valence-electron chi connectivity index (χ0n) is 16.2. The van der Waals surface area contributed by atoms with Crippen LogP contribution >= 0.6 is 0 Å². The first-order valence-electron chi connectivity index (χ1n) is 10.1. The number of nitrogens with one attached hydrogen (secondary N) is 1. The second kappa shape index (κ2) is 8.43. The van der Waals surface area contributed by atoms with Gasteiger partial charge < -0.3 is 10.4 Å². The van der Waals surface area contributed by atoms with E-state index in [0.717, 1.165) is 42.3 Å². The van der Waals surface area contributed by atoms with E-state index < -0.39 is 5.97 Å². The fraction of sp³-hybridized carbons (Fsp3) is 0.292. The van der Waals surface area contributed by atoms with Crippen molar-refractivity contribution in [2.45, 2.75) is 38.0 Å². The average Bonchev–Trinajstić information content (AvgIpc) is 2.74. The van der Waals surface area contributed by atoms with Gasteiger partial charge in [-0.05, 0) is 67.3 Å². The maximum Gasteiger partial charge on any atom is 0.303 e. The van der Waals surface area contributed by atoms with Crippen molar-refractivity contribution >= 4 is 28.5 Å². The summed E-state index contributed by atoms with van der Waals surface area (Å²) in [6.45, 7) is 0. The number of benzene rings is 2. The van der Waals surface area contributed by atoms with E-state index in [4.69, 9.17) is 5.11 Å². The maximum atomic E-state index is 12.6. The average molecular weight is 388 g/mol. The Morgan fingerprint density at radius 2 is 1.72 bits per heavy atom. The van der Waals surface area contributed by atoms with E-state index >= 15 is 0 Å². The summed E-state index contributed by atoms with van der Waals surface area (Å²) in [5.41, 5.74) is 3.41. The number of fused-ring (bicyclic) bond motifs is 1. The van der Waals surface area contributed by atoms with Crippen molar-refractivity contribution in [1.82, 2.24) is 4.98 Å². The minimum Gasteiger partial charge on any atom is -0.481 e. The Morgan fingerprint density at radius 1 is 1.00 bits per heavy atom. The number of pyridine rings is 1. The van der Waals surface area contributed by atoms with Crippen LogP contribution in [0.25, 0.3) is 10.9 Å². The third-order valence-corrected chi connectivity index (χ3v) is 5.80. The molecule has 2 N–H and O–H groups in total. The highest BCUT2D eigenvalue weighted by Gasteiger charge is 2.24. The molecule has 1 aliphatic carbocycles. The highest BCUT2D eigenvalue weighted by molar-refractivity contribution is 6.05. The van der Waals surface area contributed by atoms with Gasteiger partial charge in [-0.1, -0.05) is 30.3 Å². The van der Waals surface area contributed by atoms with E-state index in [1.807, 2.05) is 42.5 Å². The van der Waals surface area contributed by atoms with Gasteiger partial charge in [0.05, 0.1) is 11.1 Å². The monoisotopic (exact) mass is 388 g/mol. The van der Waals surface area contributed by atoms with Gasteiger partial charge in [0.1, 0.15) is 0 Å². The minimum atomic E-state index is -0.699. The highest BCUT2D eigenvalue weighted by atomic mass is 16.4. The molecule has 0 unspecified atom stereocenters. The number of para-hydroxylation sites is 1. The standard InChI is InChI=1S/C24H24N2O3/c27-23(28)13-16-5-7-17(8-6-16)18-9-11-21(12-10-18)26-24(29)20-14-19-3-1-2-4-22(19)25-15-20/h1-4,9-12,14-17H,5-8,13H2,(H,26,29)(H,27,28). The fourth-order valence-electron chi connectivity index (χ4n) is 4.18. The lowest BCUT2D eigenvalue weighted by molar-refractivity contribution is -0.138.